The Morgan fingerprint density at radius 3 is 2.67 bits per heavy atom. The Labute approximate surface area is 73.7 Å². The summed E-state index contributed by atoms with van der Waals surface area (Å²) in [7, 11) is 0. The van der Waals surface area contributed by atoms with E-state index in [1.54, 1.807) is 0 Å². The fraction of sp³-hybridized carbons (Fsp3) is 1.00. The number of hydrogen-bond acceptors (Lipinski definition) is 4. The number of hydrogen-bond donors (Lipinski definition) is 3. The molecule has 0 aromatic rings. The average molecular weight is 173 g/mol. The van der Waals surface area contributed by atoms with Gasteiger partial charge < -0.3 is 21.1 Å². The van der Waals surface area contributed by atoms with Gasteiger partial charge in [0.15, 0.2) is 0 Å². The van der Waals surface area contributed by atoms with Gasteiger partial charge in [0.05, 0.1) is 6.61 Å². The van der Waals surface area contributed by atoms with Gasteiger partial charge >= 0.3 is 0 Å². The van der Waals surface area contributed by atoms with Gasteiger partial charge in [0.25, 0.3) is 0 Å². The summed E-state index contributed by atoms with van der Waals surface area (Å²) in [6, 6.07) is -0.0418. The maximum Gasteiger partial charge on any atom is 0.0583 e. The van der Waals surface area contributed by atoms with E-state index in [1.807, 2.05) is 0 Å². The van der Waals surface area contributed by atoms with Gasteiger partial charge in [0.2, 0.25) is 0 Å². The molecule has 1 saturated heterocycles. The van der Waals surface area contributed by atoms with Gasteiger partial charge in [-0.25, -0.2) is 0 Å². The van der Waals surface area contributed by atoms with Crippen molar-refractivity contribution >= 4 is 0 Å². The Morgan fingerprint density at radius 2 is 2.08 bits per heavy atom. The summed E-state index contributed by atoms with van der Waals surface area (Å²) in [5.74, 6) is 0. The van der Waals surface area contributed by atoms with Crippen molar-refractivity contribution in [3.8, 4) is 0 Å². The van der Waals surface area contributed by atoms with Crippen LogP contribution in [0.5, 0.6) is 0 Å². The van der Waals surface area contributed by atoms with Crippen molar-refractivity contribution < 1.29 is 5.11 Å². The van der Waals surface area contributed by atoms with E-state index in [-0.39, 0.29) is 12.6 Å². The third-order valence-electron chi connectivity index (χ3n) is 2.26. The zero-order valence-electron chi connectivity index (χ0n) is 7.50. The highest BCUT2D eigenvalue weighted by Gasteiger charge is 2.10. The lowest BCUT2D eigenvalue weighted by Crippen LogP contribution is -2.45. The number of nitrogens with two attached hydrogens (primary N) is 1. The third-order valence-corrected chi connectivity index (χ3v) is 2.26. The Bertz CT molecular complexity index is 115. The van der Waals surface area contributed by atoms with Crippen LogP contribution in [0.15, 0.2) is 0 Å². The van der Waals surface area contributed by atoms with E-state index < -0.39 is 0 Å². The number of piperazine rings is 1. The summed E-state index contributed by atoms with van der Waals surface area (Å²) in [6.07, 6.45) is 0.899. The van der Waals surface area contributed by atoms with Gasteiger partial charge in [0, 0.05) is 32.2 Å². The van der Waals surface area contributed by atoms with Gasteiger partial charge in [-0.3, -0.25) is 0 Å². The van der Waals surface area contributed by atoms with E-state index in [9.17, 15) is 0 Å². The Kier molecular flexibility index (Phi) is 4.53. The second-order valence-corrected chi connectivity index (χ2v) is 3.32. The fourth-order valence-corrected chi connectivity index (χ4v) is 1.37. The molecule has 1 fully saturated rings. The SMILES string of the molecule is NC(CO)CCN1CCNCC1. The molecule has 72 valence electrons. The molecule has 4 N–H and O–H groups in total. The quantitative estimate of drug-likeness (QED) is 0.489. The standard InChI is InChI=1S/C8H19N3O/c9-8(7-12)1-4-11-5-2-10-3-6-11/h8,10,12H,1-7,9H2. The Hall–Kier alpha value is -0.160. The van der Waals surface area contributed by atoms with E-state index in [0.717, 1.165) is 39.1 Å². The van der Waals surface area contributed by atoms with Crippen LogP contribution in [-0.4, -0.2) is 55.4 Å². The highest BCUT2D eigenvalue weighted by molar-refractivity contribution is 4.69. The van der Waals surface area contributed by atoms with E-state index >= 15 is 0 Å². The predicted molar refractivity (Wildman–Crippen MR) is 49.0 cm³/mol. The van der Waals surface area contributed by atoms with Gasteiger partial charge in [-0.15, -0.1) is 0 Å². The Balaban J connectivity index is 2.05. The Morgan fingerprint density at radius 1 is 1.42 bits per heavy atom. The number of rotatable bonds is 4. The van der Waals surface area contributed by atoms with Crippen molar-refractivity contribution in [3.05, 3.63) is 0 Å². The minimum atomic E-state index is -0.0418. The summed E-state index contributed by atoms with van der Waals surface area (Å²) >= 11 is 0. The highest BCUT2D eigenvalue weighted by Crippen LogP contribution is 1.96. The number of nitrogens with one attached hydrogen (secondary N) is 1. The molecule has 1 rings (SSSR count). The largest absolute Gasteiger partial charge is 0.395 e. The highest BCUT2D eigenvalue weighted by atomic mass is 16.3. The number of aliphatic hydroxyl groups excluding tert-OH is 1. The van der Waals surface area contributed by atoms with Gasteiger partial charge in [-0.05, 0) is 13.0 Å². The molecule has 1 aliphatic heterocycles. The summed E-state index contributed by atoms with van der Waals surface area (Å²) in [4.78, 5) is 2.38. The van der Waals surface area contributed by atoms with Crippen LogP contribution in [0.2, 0.25) is 0 Å². The first-order valence-electron chi connectivity index (χ1n) is 4.62. The van der Waals surface area contributed by atoms with E-state index in [1.165, 1.54) is 0 Å². The monoisotopic (exact) mass is 173 g/mol. The second kappa shape index (κ2) is 5.48. The minimum absolute atomic E-state index is 0.0418. The van der Waals surface area contributed by atoms with Gasteiger partial charge in [-0.2, -0.15) is 0 Å². The predicted octanol–water partition coefficient (Wildman–Crippen LogP) is -1.40. The molecule has 12 heavy (non-hydrogen) atoms. The molecule has 0 saturated carbocycles. The van der Waals surface area contributed by atoms with Gasteiger partial charge in [0.1, 0.15) is 0 Å². The fourth-order valence-electron chi connectivity index (χ4n) is 1.37. The van der Waals surface area contributed by atoms with Crippen LogP contribution < -0.4 is 11.1 Å². The molecule has 0 aromatic carbocycles. The zero-order valence-corrected chi connectivity index (χ0v) is 7.50. The summed E-state index contributed by atoms with van der Waals surface area (Å²) < 4.78 is 0. The van der Waals surface area contributed by atoms with E-state index in [2.05, 4.69) is 10.2 Å². The molecule has 0 radical (unpaired) electrons. The van der Waals surface area contributed by atoms with Crippen molar-refractivity contribution in [2.75, 3.05) is 39.3 Å². The van der Waals surface area contributed by atoms with Crippen molar-refractivity contribution in [2.45, 2.75) is 12.5 Å². The average Bonchev–Trinajstić information content (AvgIpc) is 2.16. The number of aliphatic hydroxyl groups is 1. The molecule has 4 nitrogen and oxygen atoms in total. The molecule has 0 aliphatic carbocycles. The second-order valence-electron chi connectivity index (χ2n) is 3.32. The molecule has 0 spiro atoms. The molecular weight excluding hydrogens is 154 g/mol. The first-order valence-corrected chi connectivity index (χ1v) is 4.62. The maximum atomic E-state index is 8.71. The topological polar surface area (TPSA) is 61.5 Å². The summed E-state index contributed by atoms with van der Waals surface area (Å²) in [6.45, 7) is 5.49. The van der Waals surface area contributed by atoms with Crippen LogP contribution in [0.1, 0.15) is 6.42 Å². The van der Waals surface area contributed by atoms with Crippen LogP contribution in [0.4, 0.5) is 0 Å². The van der Waals surface area contributed by atoms with E-state index in [0.29, 0.717) is 0 Å². The summed E-state index contributed by atoms with van der Waals surface area (Å²) in [5.41, 5.74) is 5.60. The molecule has 1 unspecified atom stereocenters. The van der Waals surface area contributed by atoms with E-state index in [4.69, 9.17) is 10.8 Å². The molecule has 1 atom stereocenters. The molecule has 4 heteroatoms. The molecule has 1 heterocycles. The van der Waals surface area contributed by atoms with Crippen LogP contribution in [-0.2, 0) is 0 Å². The number of nitrogens with zero attached hydrogens (tertiary/aromatic N) is 1. The lowest BCUT2D eigenvalue weighted by molar-refractivity contribution is 0.208. The van der Waals surface area contributed by atoms with Crippen molar-refractivity contribution in [1.82, 2.24) is 10.2 Å². The molecule has 0 bridgehead atoms. The zero-order chi connectivity index (χ0) is 8.81. The van der Waals surface area contributed by atoms with Crippen molar-refractivity contribution in [1.29, 1.82) is 0 Å². The first kappa shape index (κ1) is 9.92. The lowest BCUT2D eigenvalue weighted by atomic mass is 10.2. The molecular formula is C8H19N3O. The lowest BCUT2D eigenvalue weighted by Gasteiger charge is -2.27. The van der Waals surface area contributed by atoms with Crippen LogP contribution in [0.25, 0.3) is 0 Å². The molecule has 1 aliphatic rings. The smallest absolute Gasteiger partial charge is 0.0583 e. The maximum absolute atomic E-state index is 8.71. The van der Waals surface area contributed by atoms with Crippen molar-refractivity contribution in [2.24, 2.45) is 5.73 Å². The van der Waals surface area contributed by atoms with Crippen LogP contribution >= 0.6 is 0 Å². The van der Waals surface area contributed by atoms with Crippen LogP contribution in [0.3, 0.4) is 0 Å². The normalized spacial score (nSPS) is 22.5. The van der Waals surface area contributed by atoms with Crippen molar-refractivity contribution in [3.63, 3.8) is 0 Å². The third kappa shape index (κ3) is 3.49. The molecule has 0 amide bonds. The van der Waals surface area contributed by atoms with Gasteiger partial charge in [-0.1, -0.05) is 0 Å². The summed E-state index contributed by atoms with van der Waals surface area (Å²) in [5, 5.41) is 12.0. The van der Waals surface area contributed by atoms with Crippen LogP contribution in [0, 0.1) is 0 Å². The first-order chi connectivity index (χ1) is 5.83. The minimum Gasteiger partial charge on any atom is -0.395 e. The molecule has 0 aromatic heterocycles.